The lowest BCUT2D eigenvalue weighted by Crippen LogP contribution is -2.41. The summed E-state index contributed by atoms with van der Waals surface area (Å²) in [6.07, 6.45) is 0.933. The highest BCUT2D eigenvalue weighted by molar-refractivity contribution is 7.79. The first kappa shape index (κ1) is 12.0. The molecule has 1 N–H and O–H groups in total. The summed E-state index contributed by atoms with van der Waals surface area (Å²) in [5, 5.41) is 6.09. The fourth-order valence-electron chi connectivity index (χ4n) is 1.91. The van der Waals surface area contributed by atoms with Crippen LogP contribution in [-0.4, -0.2) is 17.4 Å². The van der Waals surface area contributed by atoms with Crippen molar-refractivity contribution in [2.24, 2.45) is 11.0 Å². The molecule has 0 saturated heterocycles. The minimum atomic E-state index is -0.0128. The maximum Gasteiger partial charge on any atom is 0.150 e. The summed E-state index contributed by atoms with van der Waals surface area (Å²) < 4.78 is 0. The van der Waals surface area contributed by atoms with Crippen LogP contribution in [0.4, 0.5) is 5.69 Å². The van der Waals surface area contributed by atoms with E-state index in [1.807, 2.05) is 18.2 Å². The standard InChI is InChI=1S/C13H17N3S/c1-10(2)8-12-14-15-13(9-17)16(12)11-6-4-3-5-7-11/h3-7,9-10,13,15H,8H2,1-2H3. The lowest BCUT2D eigenvalue weighted by molar-refractivity contribution is 0.679. The fraction of sp³-hybridized carbons (Fsp3) is 0.385. The fourth-order valence-corrected chi connectivity index (χ4v) is 2.09. The van der Waals surface area contributed by atoms with Crippen LogP contribution in [-0.2, 0) is 0 Å². The van der Waals surface area contributed by atoms with Crippen molar-refractivity contribution in [3.63, 3.8) is 0 Å². The minimum Gasteiger partial charge on any atom is -0.302 e. The van der Waals surface area contributed by atoms with E-state index in [1.54, 1.807) is 5.37 Å². The SMILES string of the molecule is CC(C)CC1=NNC(C=S)N1c1ccccc1. The summed E-state index contributed by atoms with van der Waals surface area (Å²) in [6, 6.07) is 10.2. The van der Waals surface area contributed by atoms with E-state index in [2.05, 4.69) is 41.4 Å². The summed E-state index contributed by atoms with van der Waals surface area (Å²) in [4.78, 5) is 2.16. The van der Waals surface area contributed by atoms with Crippen molar-refractivity contribution in [1.29, 1.82) is 0 Å². The monoisotopic (exact) mass is 247 g/mol. The summed E-state index contributed by atoms with van der Waals surface area (Å²) in [5.41, 5.74) is 4.19. The maximum atomic E-state index is 5.05. The number of rotatable bonds is 4. The number of hydrogen-bond acceptors (Lipinski definition) is 4. The van der Waals surface area contributed by atoms with Gasteiger partial charge >= 0.3 is 0 Å². The molecule has 2 rings (SSSR count). The van der Waals surface area contributed by atoms with Crippen molar-refractivity contribution < 1.29 is 0 Å². The highest BCUT2D eigenvalue weighted by Gasteiger charge is 2.27. The molecule has 17 heavy (non-hydrogen) atoms. The van der Waals surface area contributed by atoms with E-state index in [0.717, 1.165) is 17.9 Å². The van der Waals surface area contributed by atoms with Crippen molar-refractivity contribution >= 4 is 29.1 Å². The van der Waals surface area contributed by atoms with Gasteiger partial charge in [0.15, 0.2) is 0 Å². The number of nitrogens with zero attached hydrogens (tertiary/aromatic N) is 2. The van der Waals surface area contributed by atoms with Gasteiger partial charge in [0, 0.05) is 17.5 Å². The quantitative estimate of drug-likeness (QED) is 0.829. The molecule has 0 aromatic heterocycles. The van der Waals surface area contributed by atoms with Gasteiger partial charge in [-0.25, -0.2) is 0 Å². The number of hydrogen-bond donors (Lipinski definition) is 1. The van der Waals surface area contributed by atoms with Crippen LogP contribution in [0.25, 0.3) is 0 Å². The molecule has 0 bridgehead atoms. The molecule has 1 aliphatic rings. The highest BCUT2D eigenvalue weighted by atomic mass is 32.1. The molecule has 0 spiro atoms. The van der Waals surface area contributed by atoms with E-state index in [-0.39, 0.29) is 6.17 Å². The van der Waals surface area contributed by atoms with Crippen LogP contribution in [0.2, 0.25) is 0 Å². The van der Waals surface area contributed by atoms with Gasteiger partial charge in [0.05, 0.1) is 0 Å². The van der Waals surface area contributed by atoms with Crippen LogP contribution < -0.4 is 10.3 Å². The molecule has 0 radical (unpaired) electrons. The van der Waals surface area contributed by atoms with Crippen LogP contribution in [0.1, 0.15) is 20.3 Å². The Morgan fingerprint density at radius 1 is 1.41 bits per heavy atom. The van der Waals surface area contributed by atoms with Gasteiger partial charge in [0.1, 0.15) is 12.0 Å². The first-order valence-electron chi connectivity index (χ1n) is 5.84. The number of anilines is 1. The molecule has 1 aliphatic heterocycles. The smallest absolute Gasteiger partial charge is 0.150 e. The average molecular weight is 247 g/mol. The number of thiocarbonyl (C=S) groups is 1. The summed E-state index contributed by atoms with van der Waals surface area (Å²) in [5.74, 6) is 1.63. The molecule has 0 saturated carbocycles. The largest absolute Gasteiger partial charge is 0.302 e. The second-order valence-corrected chi connectivity index (χ2v) is 4.81. The third-order valence-electron chi connectivity index (χ3n) is 2.64. The van der Waals surface area contributed by atoms with Crippen LogP contribution in [0, 0.1) is 5.92 Å². The van der Waals surface area contributed by atoms with E-state index in [4.69, 9.17) is 12.2 Å². The van der Waals surface area contributed by atoms with Crippen molar-refractivity contribution in [2.45, 2.75) is 26.4 Å². The van der Waals surface area contributed by atoms with Gasteiger partial charge in [-0.3, -0.25) is 5.43 Å². The van der Waals surface area contributed by atoms with Gasteiger partial charge in [-0.2, -0.15) is 5.10 Å². The number of amidine groups is 1. The van der Waals surface area contributed by atoms with Crippen LogP contribution >= 0.6 is 12.2 Å². The second-order valence-electron chi connectivity index (χ2n) is 4.54. The molecular weight excluding hydrogens is 230 g/mol. The molecule has 0 aliphatic carbocycles. The Labute approximate surface area is 108 Å². The van der Waals surface area contributed by atoms with Gasteiger partial charge in [-0.1, -0.05) is 44.3 Å². The minimum absolute atomic E-state index is 0.0128. The zero-order valence-electron chi connectivity index (χ0n) is 10.1. The second kappa shape index (κ2) is 5.27. The van der Waals surface area contributed by atoms with E-state index in [9.17, 15) is 0 Å². The summed E-state index contributed by atoms with van der Waals surface area (Å²) in [7, 11) is 0. The van der Waals surface area contributed by atoms with Crippen molar-refractivity contribution in [3.8, 4) is 0 Å². The third-order valence-corrected chi connectivity index (χ3v) is 2.89. The Bertz CT molecular complexity index is 414. The Balaban J connectivity index is 2.26. The molecule has 1 aromatic carbocycles. The van der Waals surface area contributed by atoms with E-state index in [0.29, 0.717) is 5.92 Å². The lowest BCUT2D eigenvalue weighted by Gasteiger charge is -2.25. The first-order chi connectivity index (χ1) is 8.22. The Hall–Kier alpha value is -1.42. The maximum absolute atomic E-state index is 5.05. The molecule has 1 heterocycles. The Morgan fingerprint density at radius 3 is 2.71 bits per heavy atom. The molecule has 0 fully saturated rings. The number of nitrogens with one attached hydrogen (secondary N) is 1. The van der Waals surface area contributed by atoms with Gasteiger partial charge < -0.3 is 4.90 Å². The highest BCUT2D eigenvalue weighted by Crippen LogP contribution is 2.21. The summed E-state index contributed by atoms with van der Waals surface area (Å²) >= 11 is 5.05. The molecule has 90 valence electrons. The van der Waals surface area contributed by atoms with Crippen molar-refractivity contribution in [3.05, 3.63) is 30.3 Å². The van der Waals surface area contributed by atoms with Crippen LogP contribution in [0.15, 0.2) is 35.4 Å². The Morgan fingerprint density at radius 2 is 2.12 bits per heavy atom. The zero-order valence-corrected chi connectivity index (χ0v) is 10.9. The molecule has 1 atom stereocenters. The van der Waals surface area contributed by atoms with Gasteiger partial charge in [0.25, 0.3) is 0 Å². The average Bonchev–Trinajstić information content (AvgIpc) is 2.72. The van der Waals surface area contributed by atoms with Gasteiger partial charge in [-0.15, -0.1) is 0 Å². The van der Waals surface area contributed by atoms with E-state index < -0.39 is 0 Å². The van der Waals surface area contributed by atoms with Crippen LogP contribution in [0.3, 0.4) is 0 Å². The third kappa shape index (κ3) is 2.64. The summed E-state index contributed by atoms with van der Waals surface area (Å²) in [6.45, 7) is 4.38. The topological polar surface area (TPSA) is 27.6 Å². The molecular formula is C13H17N3S. The molecule has 3 nitrogen and oxygen atoms in total. The Kier molecular flexibility index (Phi) is 3.74. The van der Waals surface area contributed by atoms with Gasteiger partial charge in [-0.05, 0) is 18.1 Å². The predicted octanol–water partition coefficient (Wildman–Crippen LogP) is 2.78. The number of hydrazone groups is 1. The van der Waals surface area contributed by atoms with Crippen LogP contribution in [0.5, 0.6) is 0 Å². The van der Waals surface area contributed by atoms with Crippen molar-refractivity contribution in [1.82, 2.24) is 5.43 Å². The lowest BCUT2D eigenvalue weighted by atomic mass is 10.1. The first-order valence-corrected chi connectivity index (χ1v) is 6.31. The normalized spacial score (nSPS) is 19.1. The van der Waals surface area contributed by atoms with Crippen molar-refractivity contribution in [2.75, 3.05) is 4.90 Å². The molecule has 4 heteroatoms. The number of para-hydroxylation sites is 1. The molecule has 0 amide bonds. The van der Waals surface area contributed by atoms with Gasteiger partial charge in [0.2, 0.25) is 0 Å². The van der Waals surface area contributed by atoms with E-state index >= 15 is 0 Å². The van der Waals surface area contributed by atoms with E-state index in [1.165, 1.54) is 0 Å². The number of benzene rings is 1. The molecule has 1 unspecified atom stereocenters. The molecule has 1 aromatic rings. The zero-order chi connectivity index (χ0) is 12.3. The predicted molar refractivity (Wildman–Crippen MR) is 76.4 cm³/mol.